The molecule has 0 atom stereocenters. The quantitative estimate of drug-likeness (QED) is 0.718. The topological polar surface area (TPSA) is 74.2 Å². The highest BCUT2D eigenvalue weighted by Gasteiger charge is 2.20. The van der Waals surface area contributed by atoms with Crippen molar-refractivity contribution in [2.75, 3.05) is 36.0 Å². The Balaban J connectivity index is 1.36. The Hall–Kier alpha value is -3.55. The minimum Gasteiger partial charge on any atom is -0.367 e. The summed E-state index contributed by atoms with van der Waals surface area (Å²) in [4.78, 5) is 29.7. The van der Waals surface area contributed by atoms with E-state index in [9.17, 15) is 9.18 Å². The van der Waals surface area contributed by atoms with Crippen LogP contribution < -0.4 is 15.1 Å². The van der Waals surface area contributed by atoms with Crippen molar-refractivity contribution in [3.05, 3.63) is 78.1 Å². The maximum Gasteiger partial charge on any atom is 0.253 e. The number of nitrogens with zero attached hydrogens (tertiary/aromatic N) is 5. The zero-order chi connectivity index (χ0) is 20.1. The summed E-state index contributed by atoms with van der Waals surface area (Å²) in [7, 11) is 0. The third-order valence-electron chi connectivity index (χ3n) is 4.83. The van der Waals surface area contributed by atoms with Gasteiger partial charge in [0, 0.05) is 51.3 Å². The number of anilines is 2. The molecule has 1 fully saturated rings. The molecule has 1 N–H and O–H groups in total. The maximum absolute atomic E-state index is 13.0. The second-order valence-electron chi connectivity index (χ2n) is 6.76. The molecule has 148 valence electrons. The monoisotopic (exact) mass is 392 g/mol. The molecule has 1 saturated heterocycles. The Morgan fingerprint density at radius 3 is 2.41 bits per heavy atom. The average Bonchev–Trinajstić information content (AvgIpc) is 2.79. The second kappa shape index (κ2) is 8.64. The molecule has 7 nitrogen and oxygen atoms in total. The van der Waals surface area contributed by atoms with E-state index in [1.807, 2.05) is 6.07 Å². The van der Waals surface area contributed by atoms with E-state index in [0.29, 0.717) is 12.1 Å². The number of nitrogens with one attached hydrogen (secondary N) is 1. The Labute approximate surface area is 168 Å². The SMILES string of the molecule is O=C(NCc1ccc(F)cc1)c1cncc(N2CCN(c3ncccn3)CC2)c1. The van der Waals surface area contributed by atoms with Gasteiger partial charge in [0.05, 0.1) is 17.4 Å². The lowest BCUT2D eigenvalue weighted by Crippen LogP contribution is -2.47. The van der Waals surface area contributed by atoms with Gasteiger partial charge in [-0.15, -0.1) is 0 Å². The number of carbonyl (C=O) groups is 1. The van der Waals surface area contributed by atoms with Crippen LogP contribution in [0.1, 0.15) is 15.9 Å². The minimum absolute atomic E-state index is 0.208. The van der Waals surface area contributed by atoms with Crippen LogP contribution in [0.5, 0.6) is 0 Å². The third-order valence-corrected chi connectivity index (χ3v) is 4.83. The summed E-state index contributed by atoms with van der Waals surface area (Å²) in [6.07, 6.45) is 6.81. The lowest BCUT2D eigenvalue weighted by molar-refractivity contribution is 0.0950. The van der Waals surface area contributed by atoms with E-state index in [0.717, 1.165) is 43.4 Å². The predicted molar refractivity (Wildman–Crippen MR) is 108 cm³/mol. The van der Waals surface area contributed by atoms with Crippen molar-refractivity contribution in [1.82, 2.24) is 20.3 Å². The van der Waals surface area contributed by atoms with E-state index in [1.165, 1.54) is 12.1 Å². The van der Waals surface area contributed by atoms with Crippen LogP contribution in [0.4, 0.5) is 16.0 Å². The molecular formula is C21H21FN6O. The van der Waals surface area contributed by atoms with Crippen molar-refractivity contribution in [2.45, 2.75) is 6.54 Å². The number of aromatic nitrogens is 3. The number of carbonyl (C=O) groups excluding carboxylic acids is 1. The van der Waals surface area contributed by atoms with Crippen LogP contribution in [-0.4, -0.2) is 47.0 Å². The van der Waals surface area contributed by atoms with Gasteiger partial charge in [0.1, 0.15) is 5.82 Å². The van der Waals surface area contributed by atoms with E-state index >= 15 is 0 Å². The van der Waals surface area contributed by atoms with Gasteiger partial charge in [0.25, 0.3) is 5.91 Å². The molecule has 0 spiro atoms. The molecule has 8 heteroatoms. The van der Waals surface area contributed by atoms with Gasteiger partial charge >= 0.3 is 0 Å². The van der Waals surface area contributed by atoms with Crippen molar-refractivity contribution in [3.8, 4) is 0 Å². The summed E-state index contributed by atoms with van der Waals surface area (Å²) in [5, 5.41) is 2.85. The van der Waals surface area contributed by atoms with Crippen molar-refractivity contribution < 1.29 is 9.18 Å². The molecule has 3 aromatic rings. The van der Waals surface area contributed by atoms with Crippen LogP contribution in [0.15, 0.2) is 61.2 Å². The number of hydrogen-bond donors (Lipinski definition) is 1. The Bertz CT molecular complexity index is 958. The molecule has 1 aromatic carbocycles. The van der Waals surface area contributed by atoms with Gasteiger partial charge in [-0.3, -0.25) is 9.78 Å². The zero-order valence-corrected chi connectivity index (χ0v) is 15.8. The van der Waals surface area contributed by atoms with E-state index in [-0.39, 0.29) is 11.7 Å². The summed E-state index contributed by atoms with van der Waals surface area (Å²) in [6.45, 7) is 3.51. The number of pyridine rings is 1. The van der Waals surface area contributed by atoms with Gasteiger partial charge in [0.15, 0.2) is 0 Å². The van der Waals surface area contributed by atoms with Crippen LogP contribution >= 0.6 is 0 Å². The number of hydrogen-bond acceptors (Lipinski definition) is 6. The molecule has 4 rings (SSSR count). The lowest BCUT2D eigenvalue weighted by Gasteiger charge is -2.35. The average molecular weight is 392 g/mol. The van der Waals surface area contributed by atoms with Gasteiger partial charge < -0.3 is 15.1 Å². The normalized spacial score (nSPS) is 14.0. The highest BCUT2D eigenvalue weighted by atomic mass is 19.1. The number of halogens is 1. The van der Waals surface area contributed by atoms with Gasteiger partial charge in [-0.05, 0) is 29.8 Å². The predicted octanol–water partition coefficient (Wildman–Crippen LogP) is 2.27. The molecule has 0 bridgehead atoms. The number of amides is 1. The first-order valence-electron chi connectivity index (χ1n) is 9.44. The van der Waals surface area contributed by atoms with E-state index < -0.39 is 0 Å². The molecule has 0 unspecified atom stereocenters. The van der Waals surface area contributed by atoms with E-state index in [1.54, 1.807) is 43.0 Å². The maximum atomic E-state index is 13.0. The van der Waals surface area contributed by atoms with E-state index in [4.69, 9.17) is 0 Å². The van der Waals surface area contributed by atoms with Gasteiger partial charge in [0.2, 0.25) is 5.95 Å². The molecule has 2 aromatic heterocycles. The first-order chi connectivity index (χ1) is 14.2. The molecule has 1 aliphatic rings. The van der Waals surface area contributed by atoms with Crippen molar-refractivity contribution in [2.24, 2.45) is 0 Å². The van der Waals surface area contributed by atoms with Crippen LogP contribution in [0.3, 0.4) is 0 Å². The standard InChI is InChI=1S/C21H21FN6O/c22-18-4-2-16(3-5-18)13-26-20(29)17-12-19(15-23-14-17)27-8-10-28(11-9-27)21-24-6-1-7-25-21/h1-7,12,14-15H,8-11,13H2,(H,26,29). The first-order valence-corrected chi connectivity index (χ1v) is 9.44. The summed E-state index contributed by atoms with van der Waals surface area (Å²) in [5.41, 5.74) is 2.25. The summed E-state index contributed by atoms with van der Waals surface area (Å²) < 4.78 is 13.0. The fraction of sp³-hybridized carbons (Fsp3) is 0.238. The van der Waals surface area contributed by atoms with Gasteiger partial charge in [-0.1, -0.05) is 12.1 Å². The van der Waals surface area contributed by atoms with Gasteiger partial charge in [-0.2, -0.15) is 0 Å². The van der Waals surface area contributed by atoms with Gasteiger partial charge in [-0.25, -0.2) is 14.4 Å². The molecule has 0 saturated carbocycles. The molecule has 1 aliphatic heterocycles. The summed E-state index contributed by atoms with van der Waals surface area (Å²) in [5.74, 6) is 0.232. The molecule has 29 heavy (non-hydrogen) atoms. The third kappa shape index (κ3) is 4.66. The fourth-order valence-electron chi connectivity index (χ4n) is 3.23. The zero-order valence-electron chi connectivity index (χ0n) is 15.8. The van der Waals surface area contributed by atoms with Crippen LogP contribution in [0.25, 0.3) is 0 Å². The van der Waals surface area contributed by atoms with Crippen LogP contribution in [0, 0.1) is 5.82 Å². The molecule has 0 radical (unpaired) electrons. The van der Waals surface area contributed by atoms with E-state index in [2.05, 4.69) is 30.1 Å². The largest absolute Gasteiger partial charge is 0.367 e. The Morgan fingerprint density at radius 2 is 1.69 bits per heavy atom. The summed E-state index contributed by atoms with van der Waals surface area (Å²) in [6, 6.07) is 9.72. The highest BCUT2D eigenvalue weighted by Crippen LogP contribution is 2.18. The van der Waals surface area contributed by atoms with Crippen LogP contribution in [-0.2, 0) is 6.54 Å². The molecule has 1 amide bonds. The highest BCUT2D eigenvalue weighted by molar-refractivity contribution is 5.94. The second-order valence-corrected chi connectivity index (χ2v) is 6.76. The molecule has 0 aliphatic carbocycles. The minimum atomic E-state index is -0.295. The number of benzene rings is 1. The molecule has 3 heterocycles. The molecular weight excluding hydrogens is 371 g/mol. The van der Waals surface area contributed by atoms with Crippen molar-refractivity contribution in [3.63, 3.8) is 0 Å². The lowest BCUT2D eigenvalue weighted by atomic mass is 10.2. The Kier molecular flexibility index (Phi) is 5.60. The van der Waals surface area contributed by atoms with Crippen molar-refractivity contribution >= 4 is 17.5 Å². The smallest absolute Gasteiger partial charge is 0.253 e. The fourth-order valence-corrected chi connectivity index (χ4v) is 3.23. The van der Waals surface area contributed by atoms with Crippen LogP contribution in [0.2, 0.25) is 0 Å². The first kappa shape index (κ1) is 18.8. The number of rotatable bonds is 5. The number of piperazine rings is 1. The summed E-state index contributed by atoms with van der Waals surface area (Å²) >= 11 is 0. The van der Waals surface area contributed by atoms with Crippen molar-refractivity contribution in [1.29, 1.82) is 0 Å². The Morgan fingerprint density at radius 1 is 1.00 bits per heavy atom.